The van der Waals surface area contributed by atoms with Crippen LogP contribution in [0.2, 0.25) is 5.02 Å². The van der Waals surface area contributed by atoms with Crippen LogP contribution in [0.15, 0.2) is 41.2 Å². The molecule has 1 amide bonds. The third-order valence-electron chi connectivity index (χ3n) is 3.18. The van der Waals surface area contributed by atoms with Crippen molar-refractivity contribution in [1.82, 2.24) is 9.97 Å². The number of carbonyl (C=O) groups is 1. The molecule has 0 fully saturated rings. The highest BCUT2D eigenvalue weighted by Crippen LogP contribution is 2.23. The van der Waals surface area contributed by atoms with Gasteiger partial charge in [-0.1, -0.05) is 11.6 Å². The summed E-state index contributed by atoms with van der Waals surface area (Å²) in [6.45, 7) is 0. The Morgan fingerprint density at radius 1 is 1.13 bits per heavy atom. The van der Waals surface area contributed by atoms with E-state index in [0.29, 0.717) is 16.7 Å². The van der Waals surface area contributed by atoms with E-state index in [1.807, 2.05) is 0 Å². The number of aromatic nitrogens is 2. The summed E-state index contributed by atoms with van der Waals surface area (Å²) in [5.41, 5.74) is 0.943. The molecule has 0 aliphatic carbocycles. The molecule has 3 rings (SSSR count). The number of hydrogen-bond donors (Lipinski definition) is 3. The molecule has 0 aliphatic heterocycles. The van der Waals surface area contributed by atoms with Crippen LogP contribution < -0.4 is 11.0 Å². The third-order valence-corrected chi connectivity index (χ3v) is 3.51. The Morgan fingerprint density at radius 2 is 1.87 bits per heavy atom. The smallest absolute Gasteiger partial charge is 0.322 e. The molecule has 116 valence electrons. The molecular formula is C14H9ClN4O4. The average Bonchev–Trinajstić information content (AvgIpc) is 2.86. The monoisotopic (exact) mass is 332 g/mol. The molecule has 8 nitrogen and oxygen atoms in total. The van der Waals surface area contributed by atoms with Crippen LogP contribution in [0.25, 0.3) is 11.0 Å². The summed E-state index contributed by atoms with van der Waals surface area (Å²) in [6, 6.07) is 8.40. The average molecular weight is 333 g/mol. The van der Waals surface area contributed by atoms with Crippen LogP contribution >= 0.6 is 11.6 Å². The number of hydrogen-bond acceptors (Lipinski definition) is 4. The predicted molar refractivity (Wildman–Crippen MR) is 85.0 cm³/mol. The highest BCUT2D eigenvalue weighted by molar-refractivity contribution is 6.34. The van der Waals surface area contributed by atoms with Crippen molar-refractivity contribution < 1.29 is 9.72 Å². The Bertz CT molecular complexity index is 992. The van der Waals surface area contributed by atoms with Crippen molar-refractivity contribution in [3.63, 3.8) is 0 Å². The number of nitrogens with zero attached hydrogens (tertiary/aromatic N) is 1. The van der Waals surface area contributed by atoms with E-state index in [2.05, 4.69) is 15.3 Å². The number of rotatable bonds is 3. The Labute approximate surface area is 133 Å². The van der Waals surface area contributed by atoms with Crippen molar-refractivity contribution in [2.24, 2.45) is 0 Å². The fraction of sp³-hybridized carbons (Fsp3) is 0. The number of nitrogens with one attached hydrogen (secondary N) is 3. The number of amides is 1. The van der Waals surface area contributed by atoms with Gasteiger partial charge in [-0.2, -0.15) is 0 Å². The minimum atomic E-state index is -0.607. The zero-order chi connectivity index (χ0) is 16.6. The Kier molecular flexibility index (Phi) is 3.59. The zero-order valence-electron chi connectivity index (χ0n) is 11.4. The van der Waals surface area contributed by atoms with Crippen LogP contribution in [-0.4, -0.2) is 20.8 Å². The summed E-state index contributed by atoms with van der Waals surface area (Å²) in [4.78, 5) is 38.8. The molecule has 0 saturated carbocycles. The van der Waals surface area contributed by atoms with E-state index in [-0.39, 0.29) is 22.0 Å². The van der Waals surface area contributed by atoms with Crippen molar-refractivity contribution in [1.29, 1.82) is 0 Å². The number of nitro groups is 1. The van der Waals surface area contributed by atoms with Gasteiger partial charge in [0.15, 0.2) is 0 Å². The first-order valence-corrected chi connectivity index (χ1v) is 6.79. The summed E-state index contributed by atoms with van der Waals surface area (Å²) >= 11 is 5.92. The van der Waals surface area contributed by atoms with Crippen LogP contribution in [0.5, 0.6) is 0 Å². The standard InChI is InChI=1S/C14H9ClN4O4/c15-10-3-2-8(19(22)23)6-9(10)13(20)16-7-1-4-11-12(5-7)18-14(21)17-11/h1-6H,(H,16,20)(H2,17,18,21). The van der Waals surface area contributed by atoms with Gasteiger partial charge in [0.2, 0.25) is 0 Å². The lowest BCUT2D eigenvalue weighted by molar-refractivity contribution is -0.384. The normalized spacial score (nSPS) is 10.7. The number of carbonyl (C=O) groups excluding carboxylic acids is 1. The molecular weight excluding hydrogens is 324 g/mol. The summed E-state index contributed by atoms with van der Waals surface area (Å²) in [5, 5.41) is 13.5. The number of aromatic amines is 2. The van der Waals surface area contributed by atoms with Gasteiger partial charge >= 0.3 is 5.69 Å². The van der Waals surface area contributed by atoms with Gasteiger partial charge in [0.1, 0.15) is 0 Å². The molecule has 0 unspecified atom stereocenters. The summed E-state index contributed by atoms with van der Waals surface area (Å²) in [6.07, 6.45) is 0. The summed E-state index contributed by atoms with van der Waals surface area (Å²) < 4.78 is 0. The molecule has 1 aromatic heterocycles. The quantitative estimate of drug-likeness (QED) is 0.504. The fourth-order valence-corrected chi connectivity index (χ4v) is 2.31. The summed E-state index contributed by atoms with van der Waals surface area (Å²) in [7, 11) is 0. The molecule has 0 atom stereocenters. The number of non-ortho nitro benzene ring substituents is 1. The molecule has 0 radical (unpaired) electrons. The highest BCUT2D eigenvalue weighted by Gasteiger charge is 2.16. The summed E-state index contributed by atoms with van der Waals surface area (Å²) in [5.74, 6) is -0.587. The lowest BCUT2D eigenvalue weighted by atomic mass is 10.1. The van der Waals surface area contributed by atoms with Gasteiger partial charge in [-0.3, -0.25) is 14.9 Å². The van der Waals surface area contributed by atoms with Crippen LogP contribution in [0, 0.1) is 10.1 Å². The number of benzene rings is 2. The van der Waals surface area contributed by atoms with E-state index in [9.17, 15) is 19.7 Å². The van der Waals surface area contributed by atoms with Crippen molar-refractivity contribution >= 4 is 39.9 Å². The van der Waals surface area contributed by atoms with E-state index in [1.165, 1.54) is 12.1 Å². The molecule has 0 bridgehead atoms. The second kappa shape index (κ2) is 5.58. The fourth-order valence-electron chi connectivity index (χ4n) is 2.11. The highest BCUT2D eigenvalue weighted by atomic mass is 35.5. The number of imidazole rings is 1. The molecule has 0 saturated heterocycles. The van der Waals surface area contributed by atoms with Crippen molar-refractivity contribution in [2.45, 2.75) is 0 Å². The van der Waals surface area contributed by atoms with Gasteiger partial charge in [0.05, 0.1) is 26.5 Å². The van der Waals surface area contributed by atoms with Crippen molar-refractivity contribution in [3.8, 4) is 0 Å². The first-order valence-electron chi connectivity index (χ1n) is 6.41. The van der Waals surface area contributed by atoms with Crippen LogP contribution in [-0.2, 0) is 0 Å². The number of H-pyrrole nitrogens is 2. The van der Waals surface area contributed by atoms with Crippen LogP contribution in [0.4, 0.5) is 11.4 Å². The lowest BCUT2D eigenvalue weighted by Crippen LogP contribution is -2.12. The number of nitro benzene ring substituents is 1. The van der Waals surface area contributed by atoms with Crippen molar-refractivity contribution in [2.75, 3.05) is 5.32 Å². The lowest BCUT2D eigenvalue weighted by Gasteiger charge is -2.07. The van der Waals surface area contributed by atoms with Crippen molar-refractivity contribution in [3.05, 3.63) is 67.6 Å². The SMILES string of the molecule is O=C(Nc1ccc2[nH]c(=O)[nH]c2c1)c1cc([N+](=O)[O-])ccc1Cl. The second-order valence-electron chi connectivity index (χ2n) is 4.71. The molecule has 9 heteroatoms. The number of halogens is 1. The maximum atomic E-state index is 12.3. The molecule has 0 spiro atoms. The Balaban J connectivity index is 1.92. The van der Waals surface area contributed by atoms with Gasteiger partial charge in [0.25, 0.3) is 11.6 Å². The number of fused-ring (bicyclic) bond motifs is 1. The number of anilines is 1. The minimum absolute atomic E-state index is 0.0106. The van der Waals surface area contributed by atoms with Gasteiger partial charge in [-0.05, 0) is 24.3 Å². The molecule has 23 heavy (non-hydrogen) atoms. The topological polar surface area (TPSA) is 121 Å². The molecule has 0 aliphatic rings. The predicted octanol–water partition coefficient (Wildman–Crippen LogP) is 2.67. The maximum Gasteiger partial charge on any atom is 0.323 e. The van der Waals surface area contributed by atoms with Crippen LogP contribution in [0.1, 0.15) is 10.4 Å². The largest absolute Gasteiger partial charge is 0.323 e. The first-order chi connectivity index (χ1) is 10.9. The molecule has 1 heterocycles. The van der Waals surface area contributed by atoms with E-state index in [0.717, 1.165) is 6.07 Å². The molecule has 3 N–H and O–H groups in total. The molecule has 2 aromatic carbocycles. The zero-order valence-corrected chi connectivity index (χ0v) is 12.2. The third kappa shape index (κ3) is 2.92. The van der Waals surface area contributed by atoms with Gasteiger partial charge < -0.3 is 15.3 Å². The van der Waals surface area contributed by atoms with E-state index < -0.39 is 10.8 Å². The van der Waals surface area contributed by atoms with E-state index in [4.69, 9.17) is 11.6 Å². The Hall–Kier alpha value is -3.13. The second-order valence-corrected chi connectivity index (χ2v) is 5.12. The van der Waals surface area contributed by atoms with Gasteiger partial charge in [-0.25, -0.2) is 4.79 Å². The Morgan fingerprint density at radius 3 is 2.61 bits per heavy atom. The van der Waals surface area contributed by atoms with Gasteiger partial charge in [0, 0.05) is 17.8 Å². The van der Waals surface area contributed by atoms with E-state index in [1.54, 1.807) is 18.2 Å². The maximum absolute atomic E-state index is 12.3. The minimum Gasteiger partial charge on any atom is -0.322 e. The van der Waals surface area contributed by atoms with E-state index >= 15 is 0 Å². The van der Waals surface area contributed by atoms with Crippen LogP contribution in [0.3, 0.4) is 0 Å². The molecule has 3 aromatic rings. The van der Waals surface area contributed by atoms with Gasteiger partial charge in [-0.15, -0.1) is 0 Å². The first kappa shape index (κ1) is 14.8.